The average Bonchev–Trinajstić information content (AvgIpc) is 2.35. The van der Waals surface area contributed by atoms with Crippen LogP contribution in [0.1, 0.15) is 18.1 Å². The third-order valence-electron chi connectivity index (χ3n) is 2.55. The lowest BCUT2D eigenvalue weighted by molar-refractivity contribution is 0.169. The van der Waals surface area contributed by atoms with E-state index in [4.69, 9.17) is 16.7 Å². The first kappa shape index (κ1) is 14.2. The van der Waals surface area contributed by atoms with Gasteiger partial charge < -0.3 is 15.5 Å². The molecule has 0 radical (unpaired) electrons. The van der Waals surface area contributed by atoms with Gasteiger partial charge in [0.15, 0.2) is 0 Å². The molecule has 2 atom stereocenters. The molecule has 0 aliphatic heterocycles. The molecule has 17 heavy (non-hydrogen) atoms. The molecule has 0 bridgehead atoms. The Balaban J connectivity index is 2.45. The van der Waals surface area contributed by atoms with E-state index in [1.54, 1.807) is 30.3 Å². The quantitative estimate of drug-likeness (QED) is 0.653. The van der Waals surface area contributed by atoms with Crippen molar-refractivity contribution < 1.29 is 10.2 Å². The second kappa shape index (κ2) is 7.45. The van der Waals surface area contributed by atoms with E-state index < -0.39 is 6.10 Å². The predicted molar refractivity (Wildman–Crippen MR) is 70.1 cm³/mol. The highest BCUT2D eigenvalue weighted by atomic mass is 35.5. The monoisotopic (exact) mass is 255 g/mol. The largest absolute Gasteiger partial charge is 0.396 e. The molecule has 0 aromatic heterocycles. The number of hydrogen-bond donors (Lipinski definition) is 3. The molecule has 0 aliphatic carbocycles. The van der Waals surface area contributed by atoms with Gasteiger partial charge in [0.25, 0.3) is 0 Å². The summed E-state index contributed by atoms with van der Waals surface area (Å²) in [5, 5.41) is 22.5. The first-order valence-electron chi connectivity index (χ1n) is 5.57. The van der Waals surface area contributed by atoms with Gasteiger partial charge in [0, 0.05) is 24.2 Å². The molecule has 0 aliphatic rings. The van der Waals surface area contributed by atoms with Gasteiger partial charge in [-0.15, -0.1) is 6.58 Å². The minimum absolute atomic E-state index is 0.0157. The summed E-state index contributed by atoms with van der Waals surface area (Å²) >= 11 is 5.77. The Kier molecular flexibility index (Phi) is 6.22. The molecule has 0 fully saturated rings. The lowest BCUT2D eigenvalue weighted by Gasteiger charge is -2.17. The van der Waals surface area contributed by atoms with Crippen LogP contribution in [-0.4, -0.2) is 29.4 Å². The van der Waals surface area contributed by atoms with Crippen LogP contribution in [0.3, 0.4) is 0 Å². The zero-order valence-corrected chi connectivity index (χ0v) is 10.4. The van der Waals surface area contributed by atoms with Gasteiger partial charge in [0.05, 0.1) is 6.10 Å². The number of rotatable bonds is 7. The maximum absolute atomic E-state index is 9.92. The van der Waals surface area contributed by atoms with Crippen molar-refractivity contribution in [1.82, 2.24) is 5.32 Å². The Hall–Kier alpha value is -0.870. The van der Waals surface area contributed by atoms with Crippen LogP contribution < -0.4 is 5.32 Å². The fraction of sp³-hybridized carbons (Fsp3) is 0.385. The first-order valence-corrected chi connectivity index (χ1v) is 5.95. The number of benzene rings is 1. The van der Waals surface area contributed by atoms with E-state index in [9.17, 15) is 5.11 Å². The van der Waals surface area contributed by atoms with Gasteiger partial charge in [-0.2, -0.15) is 0 Å². The molecule has 0 saturated carbocycles. The molecule has 4 heteroatoms. The van der Waals surface area contributed by atoms with Crippen molar-refractivity contribution >= 4 is 11.6 Å². The fourth-order valence-electron chi connectivity index (χ4n) is 1.51. The van der Waals surface area contributed by atoms with E-state index in [0.717, 1.165) is 5.56 Å². The molecule has 0 heterocycles. The van der Waals surface area contributed by atoms with E-state index >= 15 is 0 Å². The third-order valence-corrected chi connectivity index (χ3v) is 2.80. The van der Waals surface area contributed by atoms with Crippen molar-refractivity contribution in [1.29, 1.82) is 0 Å². The van der Waals surface area contributed by atoms with Crippen molar-refractivity contribution in [2.45, 2.75) is 18.6 Å². The van der Waals surface area contributed by atoms with Crippen LogP contribution in [0.5, 0.6) is 0 Å². The third kappa shape index (κ3) is 4.88. The SMILES string of the molecule is C=CC(CCO)NC[C@H](O)c1ccc(Cl)cc1. The van der Waals surface area contributed by atoms with Crippen LogP contribution >= 0.6 is 11.6 Å². The molecule has 0 spiro atoms. The van der Waals surface area contributed by atoms with Crippen LogP contribution in [0.25, 0.3) is 0 Å². The molecule has 0 saturated heterocycles. The fourth-order valence-corrected chi connectivity index (χ4v) is 1.63. The van der Waals surface area contributed by atoms with E-state index in [0.29, 0.717) is 18.0 Å². The summed E-state index contributed by atoms with van der Waals surface area (Å²) in [7, 11) is 0. The van der Waals surface area contributed by atoms with Gasteiger partial charge >= 0.3 is 0 Å². The Morgan fingerprint density at radius 2 is 2.00 bits per heavy atom. The molecular formula is C13H18ClNO2. The number of hydrogen-bond acceptors (Lipinski definition) is 3. The summed E-state index contributed by atoms with van der Waals surface area (Å²) in [6, 6.07) is 7.10. The van der Waals surface area contributed by atoms with Gasteiger partial charge in [-0.05, 0) is 24.1 Å². The number of halogens is 1. The van der Waals surface area contributed by atoms with Gasteiger partial charge in [-0.25, -0.2) is 0 Å². The van der Waals surface area contributed by atoms with E-state index in [-0.39, 0.29) is 12.6 Å². The molecule has 3 N–H and O–H groups in total. The highest BCUT2D eigenvalue weighted by Crippen LogP contribution is 2.15. The number of aliphatic hydroxyl groups is 2. The number of nitrogens with one attached hydrogen (secondary N) is 1. The Morgan fingerprint density at radius 1 is 1.35 bits per heavy atom. The van der Waals surface area contributed by atoms with E-state index in [1.165, 1.54) is 0 Å². The highest BCUT2D eigenvalue weighted by Gasteiger charge is 2.09. The van der Waals surface area contributed by atoms with E-state index in [1.807, 2.05) is 0 Å². The van der Waals surface area contributed by atoms with Gasteiger partial charge in [-0.3, -0.25) is 0 Å². The predicted octanol–water partition coefficient (Wildman–Crippen LogP) is 1.90. The lowest BCUT2D eigenvalue weighted by atomic mass is 10.1. The van der Waals surface area contributed by atoms with Gasteiger partial charge in [-0.1, -0.05) is 29.8 Å². The van der Waals surface area contributed by atoms with Crippen molar-refractivity contribution in [2.24, 2.45) is 0 Å². The smallest absolute Gasteiger partial charge is 0.0914 e. The van der Waals surface area contributed by atoms with Crippen molar-refractivity contribution in [3.8, 4) is 0 Å². The molecular weight excluding hydrogens is 238 g/mol. The molecule has 1 rings (SSSR count). The topological polar surface area (TPSA) is 52.5 Å². The second-order valence-electron chi connectivity index (χ2n) is 3.83. The minimum atomic E-state index is -0.589. The molecule has 1 aromatic carbocycles. The van der Waals surface area contributed by atoms with Gasteiger partial charge in [0.1, 0.15) is 0 Å². The summed E-state index contributed by atoms with van der Waals surface area (Å²) in [5.74, 6) is 0. The molecule has 1 aromatic rings. The Bertz CT molecular complexity index is 340. The summed E-state index contributed by atoms with van der Waals surface area (Å²) in [6.07, 6.45) is 1.73. The average molecular weight is 256 g/mol. The normalized spacial score (nSPS) is 14.3. The Morgan fingerprint density at radius 3 is 2.53 bits per heavy atom. The zero-order valence-electron chi connectivity index (χ0n) is 9.64. The molecule has 94 valence electrons. The van der Waals surface area contributed by atoms with E-state index in [2.05, 4.69) is 11.9 Å². The summed E-state index contributed by atoms with van der Waals surface area (Å²) < 4.78 is 0. The van der Waals surface area contributed by atoms with Crippen LogP contribution in [0, 0.1) is 0 Å². The second-order valence-corrected chi connectivity index (χ2v) is 4.27. The summed E-state index contributed by atoms with van der Waals surface area (Å²) in [4.78, 5) is 0. The van der Waals surface area contributed by atoms with Crippen LogP contribution in [0.15, 0.2) is 36.9 Å². The van der Waals surface area contributed by atoms with Crippen LogP contribution in [-0.2, 0) is 0 Å². The maximum atomic E-state index is 9.92. The van der Waals surface area contributed by atoms with Crippen LogP contribution in [0.4, 0.5) is 0 Å². The lowest BCUT2D eigenvalue weighted by Crippen LogP contribution is -2.31. The van der Waals surface area contributed by atoms with Crippen LogP contribution in [0.2, 0.25) is 5.02 Å². The van der Waals surface area contributed by atoms with Crippen molar-refractivity contribution in [3.63, 3.8) is 0 Å². The number of aliphatic hydroxyl groups excluding tert-OH is 2. The first-order chi connectivity index (χ1) is 8.17. The highest BCUT2D eigenvalue weighted by molar-refractivity contribution is 6.30. The minimum Gasteiger partial charge on any atom is -0.396 e. The summed E-state index contributed by atoms with van der Waals surface area (Å²) in [5.41, 5.74) is 0.814. The molecule has 0 amide bonds. The Labute approximate surface area is 107 Å². The molecule has 3 nitrogen and oxygen atoms in total. The standard InChI is InChI=1S/C13H18ClNO2/c1-2-12(7-8-16)15-9-13(17)10-3-5-11(14)6-4-10/h2-6,12-13,15-17H,1,7-9H2/t12?,13-/m0/s1. The summed E-state index contributed by atoms with van der Waals surface area (Å²) in [6.45, 7) is 4.18. The molecule has 1 unspecified atom stereocenters. The van der Waals surface area contributed by atoms with Gasteiger partial charge in [0.2, 0.25) is 0 Å². The maximum Gasteiger partial charge on any atom is 0.0914 e. The van der Waals surface area contributed by atoms with Crippen molar-refractivity contribution in [2.75, 3.05) is 13.2 Å². The zero-order chi connectivity index (χ0) is 12.7. The van der Waals surface area contributed by atoms with Crippen molar-refractivity contribution in [3.05, 3.63) is 47.5 Å².